The van der Waals surface area contributed by atoms with Crippen molar-refractivity contribution in [2.75, 3.05) is 5.75 Å². The Morgan fingerprint density at radius 3 is 2.40 bits per heavy atom. The lowest BCUT2D eigenvalue weighted by molar-refractivity contribution is -0.143. The van der Waals surface area contributed by atoms with Crippen molar-refractivity contribution < 1.29 is 9.53 Å². The first-order valence-corrected chi connectivity index (χ1v) is 4.11. The smallest absolute Gasteiger partial charge is 0.309 e. The molecule has 0 spiro atoms. The lowest BCUT2D eigenvalue weighted by Gasteiger charge is -2.10. The van der Waals surface area contributed by atoms with Crippen molar-refractivity contribution in [3.05, 3.63) is 0 Å². The molecule has 2 unspecified atom stereocenters. The Balaban J connectivity index is 2.61. The molecule has 1 aliphatic heterocycles. The molecule has 3 atom stereocenters. The van der Waals surface area contributed by atoms with Gasteiger partial charge >= 0.3 is 5.97 Å². The van der Waals surface area contributed by atoms with Gasteiger partial charge in [0.05, 0.1) is 5.92 Å². The first kappa shape index (κ1) is 7.92. The minimum Gasteiger partial charge on any atom is -0.461 e. The third-order valence-electron chi connectivity index (χ3n) is 2.19. The quantitative estimate of drug-likeness (QED) is 0.459. The van der Waals surface area contributed by atoms with Gasteiger partial charge in [0.25, 0.3) is 0 Å². The molecule has 0 N–H and O–H groups in total. The summed E-state index contributed by atoms with van der Waals surface area (Å²) >= 11 is 4.08. The highest BCUT2D eigenvalue weighted by Crippen LogP contribution is 2.27. The number of hydrogen-bond donors (Lipinski definition) is 1. The zero-order chi connectivity index (χ0) is 7.72. The second kappa shape index (κ2) is 2.82. The molecule has 1 saturated heterocycles. The summed E-state index contributed by atoms with van der Waals surface area (Å²) in [5, 5.41) is 0. The number of ether oxygens (including phenoxy) is 1. The van der Waals surface area contributed by atoms with Crippen LogP contribution in [0.2, 0.25) is 0 Å². The highest BCUT2D eigenvalue weighted by molar-refractivity contribution is 7.80. The Morgan fingerprint density at radius 1 is 1.60 bits per heavy atom. The SMILES string of the molecule is CC1C(=O)O[C@H](CS)C1C. The van der Waals surface area contributed by atoms with Gasteiger partial charge in [-0.05, 0) is 0 Å². The summed E-state index contributed by atoms with van der Waals surface area (Å²) in [5.74, 6) is 0.936. The van der Waals surface area contributed by atoms with Crippen molar-refractivity contribution in [1.82, 2.24) is 0 Å². The van der Waals surface area contributed by atoms with Gasteiger partial charge in [0, 0.05) is 11.7 Å². The van der Waals surface area contributed by atoms with Gasteiger partial charge < -0.3 is 4.74 Å². The average molecular weight is 160 g/mol. The van der Waals surface area contributed by atoms with Crippen LogP contribution in [0.3, 0.4) is 0 Å². The van der Waals surface area contributed by atoms with Gasteiger partial charge in [0.1, 0.15) is 6.10 Å². The van der Waals surface area contributed by atoms with Crippen molar-refractivity contribution in [3.8, 4) is 0 Å². The highest BCUT2D eigenvalue weighted by Gasteiger charge is 2.37. The molecule has 1 heterocycles. The van der Waals surface area contributed by atoms with E-state index in [-0.39, 0.29) is 18.0 Å². The van der Waals surface area contributed by atoms with E-state index in [1.54, 1.807) is 0 Å². The largest absolute Gasteiger partial charge is 0.461 e. The molecule has 0 radical (unpaired) electrons. The molecule has 1 aliphatic rings. The molecule has 0 aromatic rings. The Morgan fingerprint density at radius 2 is 2.20 bits per heavy atom. The van der Waals surface area contributed by atoms with Crippen LogP contribution in [0.5, 0.6) is 0 Å². The van der Waals surface area contributed by atoms with Crippen LogP contribution < -0.4 is 0 Å². The van der Waals surface area contributed by atoms with E-state index < -0.39 is 0 Å². The van der Waals surface area contributed by atoms with Gasteiger partial charge in [-0.1, -0.05) is 13.8 Å². The summed E-state index contributed by atoms with van der Waals surface area (Å²) in [6.45, 7) is 3.92. The molecule has 1 fully saturated rings. The zero-order valence-corrected chi connectivity index (χ0v) is 7.10. The third kappa shape index (κ3) is 1.15. The second-order valence-electron chi connectivity index (χ2n) is 2.81. The Kier molecular flexibility index (Phi) is 2.24. The van der Waals surface area contributed by atoms with Crippen LogP contribution in [-0.2, 0) is 9.53 Å². The number of esters is 1. The van der Waals surface area contributed by atoms with E-state index in [4.69, 9.17) is 4.74 Å². The first-order valence-electron chi connectivity index (χ1n) is 3.48. The fourth-order valence-corrected chi connectivity index (χ4v) is 1.51. The summed E-state index contributed by atoms with van der Waals surface area (Å²) < 4.78 is 5.02. The van der Waals surface area contributed by atoms with Crippen molar-refractivity contribution >= 4 is 18.6 Å². The molecule has 58 valence electrons. The number of thiol groups is 1. The van der Waals surface area contributed by atoms with Crippen LogP contribution in [0, 0.1) is 11.8 Å². The van der Waals surface area contributed by atoms with E-state index in [1.165, 1.54) is 0 Å². The van der Waals surface area contributed by atoms with E-state index in [9.17, 15) is 4.79 Å². The van der Waals surface area contributed by atoms with E-state index in [0.717, 1.165) is 0 Å². The molecule has 0 bridgehead atoms. The van der Waals surface area contributed by atoms with Crippen LogP contribution in [0.1, 0.15) is 13.8 Å². The van der Waals surface area contributed by atoms with Gasteiger partial charge in [-0.2, -0.15) is 12.6 Å². The van der Waals surface area contributed by atoms with Crippen LogP contribution in [0.15, 0.2) is 0 Å². The molecule has 10 heavy (non-hydrogen) atoms. The summed E-state index contributed by atoms with van der Waals surface area (Å²) in [6.07, 6.45) is 0.0332. The van der Waals surface area contributed by atoms with E-state index in [2.05, 4.69) is 12.6 Å². The second-order valence-corrected chi connectivity index (χ2v) is 3.17. The normalized spacial score (nSPS) is 39.9. The third-order valence-corrected chi connectivity index (χ3v) is 2.55. The van der Waals surface area contributed by atoms with Gasteiger partial charge in [-0.3, -0.25) is 4.79 Å². The van der Waals surface area contributed by atoms with Crippen molar-refractivity contribution in [1.29, 1.82) is 0 Å². The standard InChI is InChI=1S/C7H12O2S/c1-4-5(2)7(8)9-6(4)3-10/h4-6,10H,3H2,1-2H3/t4?,5?,6-/m1/s1. The predicted octanol–water partition coefficient (Wildman–Crippen LogP) is 1.11. The lowest BCUT2D eigenvalue weighted by atomic mass is 9.95. The monoisotopic (exact) mass is 160 g/mol. The molecule has 0 saturated carbocycles. The molecule has 0 aromatic heterocycles. The molecular weight excluding hydrogens is 148 g/mol. The van der Waals surface area contributed by atoms with Gasteiger partial charge in [-0.25, -0.2) is 0 Å². The number of carbonyl (C=O) groups is 1. The van der Waals surface area contributed by atoms with E-state index in [0.29, 0.717) is 11.7 Å². The van der Waals surface area contributed by atoms with Gasteiger partial charge in [0.2, 0.25) is 0 Å². The molecule has 2 nitrogen and oxygen atoms in total. The number of rotatable bonds is 1. The lowest BCUT2D eigenvalue weighted by Crippen LogP contribution is -2.17. The zero-order valence-electron chi connectivity index (χ0n) is 6.20. The van der Waals surface area contributed by atoms with Crippen molar-refractivity contribution in [2.45, 2.75) is 20.0 Å². The Hall–Kier alpha value is -0.180. The summed E-state index contributed by atoms with van der Waals surface area (Å²) in [4.78, 5) is 10.9. The maximum atomic E-state index is 10.9. The minimum atomic E-state index is -0.0773. The van der Waals surface area contributed by atoms with Crippen molar-refractivity contribution in [2.24, 2.45) is 11.8 Å². The van der Waals surface area contributed by atoms with Crippen LogP contribution in [0.25, 0.3) is 0 Å². The van der Waals surface area contributed by atoms with Crippen LogP contribution in [0.4, 0.5) is 0 Å². The molecule has 1 rings (SSSR count). The molecule has 0 amide bonds. The van der Waals surface area contributed by atoms with E-state index >= 15 is 0 Å². The maximum Gasteiger partial charge on any atom is 0.309 e. The van der Waals surface area contributed by atoms with Crippen LogP contribution >= 0.6 is 12.6 Å². The van der Waals surface area contributed by atoms with Gasteiger partial charge in [0.15, 0.2) is 0 Å². The predicted molar refractivity (Wildman–Crippen MR) is 42.1 cm³/mol. The Bertz CT molecular complexity index is 147. The number of hydrogen-bond acceptors (Lipinski definition) is 3. The summed E-state index contributed by atoms with van der Waals surface area (Å²) in [6, 6.07) is 0. The van der Waals surface area contributed by atoms with E-state index in [1.807, 2.05) is 13.8 Å². The molecule has 0 aromatic carbocycles. The fourth-order valence-electron chi connectivity index (χ4n) is 1.10. The number of carbonyl (C=O) groups excluding carboxylic acids is 1. The fraction of sp³-hybridized carbons (Fsp3) is 0.857. The molecular formula is C7H12O2S. The van der Waals surface area contributed by atoms with Crippen LogP contribution in [-0.4, -0.2) is 17.8 Å². The first-order chi connectivity index (χ1) is 4.66. The summed E-state index contributed by atoms with van der Waals surface area (Å²) in [7, 11) is 0. The summed E-state index contributed by atoms with van der Waals surface area (Å²) in [5.41, 5.74) is 0. The molecule has 3 heteroatoms. The van der Waals surface area contributed by atoms with Crippen molar-refractivity contribution in [3.63, 3.8) is 0 Å². The highest BCUT2D eigenvalue weighted by atomic mass is 32.1. The topological polar surface area (TPSA) is 26.3 Å². The van der Waals surface area contributed by atoms with Gasteiger partial charge in [-0.15, -0.1) is 0 Å². The maximum absolute atomic E-state index is 10.9. The average Bonchev–Trinajstić information content (AvgIpc) is 2.17. The minimum absolute atomic E-state index is 0.0332. The Labute approximate surface area is 66.4 Å². The number of cyclic esters (lactones) is 1. The molecule has 0 aliphatic carbocycles.